The molecule has 0 saturated heterocycles. The van der Waals surface area contributed by atoms with Crippen LogP contribution in [0.25, 0.3) is 11.1 Å². The summed E-state index contributed by atoms with van der Waals surface area (Å²) in [5.74, 6) is 0.582. The second-order valence-corrected chi connectivity index (χ2v) is 6.68. The second-order valence-electron chi connectivity index (χ2n) is 5.87. The van der Waals surface area contributed by atoms with E-state index in [1.165, 1.54) is 7.11 Å². The first-order valence-electron chi connectivity index (χ1n) is 7.92. The zero-order valence-corrected chi connectivity index (χ0v) is 15.3. The van der Waals surface area contributed by atoms with Gasteiger partial charge in [0.2, 0.25) is 0 Å². The molecule has 26 heavy (non-hydrogen) atoms. The SMILES string of the molecule is COc1ccc(C2=C(C(F)(F)F)CCC=C2c2ccc(Cl)c(Cl)c2)cc1. The summed E-state index contributed by atoms with van der Waals surface area (Å²) in [6.07, 6.45) is -2.35. The Hall–Kier alpha value is -1.91. The van der Waals surface area contributed by atoms with Crippen molar-refractivity contribution in [3.05, 3.63) is 75.3 Å². The van der Waals surface area contributed by atoms with Crippen molar-refractivity contribution in [2.75, 3.05) is 7.11 Å². The molecule has 0 radical (unpaired) electrons. The van der Waals surface area contributed by atoms with Crippen LogP contribution in [0.4, 0.5) is 13.2 Å². The van der Waals surface area contributed by atoms with Crippen molar-refractivity contribution in [1.82, 2.24) is 0 Å². The lowest BCUT2D eigenvalue weighted by Crippen LogP contribution is -2.17. The van der Waals surface area contributed by atoms with Crippen LogP contribution >= 0.6 is 23.2 Å². The molecule has 0 amide bonds. The molecule has 1 aliphatic carbocycles. The van der Waals surface area contributed by atoms with Crippen LogP contribution in [0.2, 0.25) is 10.0 Å². The number of alkyl halides is 3. The minimum atomic E-state index is -4.41. The number of hydrogen-bond acceptors (Lipinski definition) is 1. The molecule has 2 aromatic rings. The fraction of sp³-hybridized carbons (Fsp3) is 0.200. The van der Waals surface area contributed by atoms with E-state index in [0.717, 1.165) is 0 Å². The summed E-state index contributed by atoms with van der Waals surface area (Å²) in [6.45, 7) is 0. The van der Waals surface area contributed by atoms with Crippen molar-refractivity contribution in [3.8, 4) is 5.75 Å². The highest BCUT2D eigenvalue weighted by Crippen LogP contribution is 2.46. The fourth-order valence-corrected chi connectivity index (χ4v) is 3.35. The Labute approximate surface area is 159 Å². The number of allylic oxidation sites excluding steroid dienone is 4. The Morgan fingerprint density at radius 3 is 2.15 bits per heavy atom. The van der Waals surface area contributed by atoms with Crippen molar-refractivity contribution >= 4 is 34.3 Å². The molecule has 0 bridgehead atoms. The van der Waals surface area contributed by atoms with Crippen LogP contribution in [-0.4, -0.2) is 13.3 Å². The molecule has 0 aliphatic heterocycles. The Morgan fingerprint density at radius 1 is 0.923 bits per heavy atom. The molecule has 0 heterocycles. The van der Waals surface area contributed by atoms with Gasteiger partial charge in [-0.2, -0.15) is 13.2 Å². The summed E-state index contributed by atoms with van der Waals surface area (Å²) in [5, 5.41) is 0.663. The van der Waals surface area contributed by atoms with Crippen molar-refractivity contribution in [1.29, 1.82) is 0 Å². The maximum Gasteiger partial charge on any atom is 0.413 e. The van der Waals surface area contributed by atoms with Crippen LogP contribution in [0.5, 0.6) is 5.75 Å². The first-order chi connectivity index (χ1) is 12.3. The van der Waals surface area contributed by atoms with Gasteiger partial charge in [0.1, 0.15) is 5.75 Å². The van der Waals surface area contributed by atoms with Crippen molar-refractivity contribution in [2.45, 2.75) is 19.0 Å². The van der Waals surface area contributed by atoms with Gasteiger partial charge < -0.3 is 4.74 Å². The second kappa shape index (κ2) is 7.37. The lowest BCUT2D eigenvalue weighted by molar-refractivity contribution is -0.0932. The van der Waals surface area contributed by atoms with Gasteiger partial charge in [-0.3, -0.25) is 0 Å². The zero-order valence-electron chi connectivity index (χ0n) is 13.8. The zero-order chi connectivity index (χ0) is 18.9. The highest BCUT2D eigenvalue weighted by atomic mass is 35.5. The van der Waals surface area contributed by atoms with Crippen molar-refractivity contribution in [3.63, 3.8) is 0 Å². The third kappa shape index (κ3) is 3.76. The molecule has 6 heteroatoms. The maximum atomic E-state index is 13.7. The van der Waals surface area contributed by atoms with E-state index < -0.39 is 11.7 Å². The van der Waals surface area contributed by atoms with E-state index in [2.05, 4.69) is 0 Å². The number of benzene rings is 2. The highest BCUT2D eigenvalue weighted by Gasteiger charge is 2.38. The van der Waals surface area contributed by atoms with E-state index in [1.807, 2.05) is 6.08 Å². The lowest BCUT2D eigenvalue weighted by Gasteiger charge is -2.25. The van der Waals surface area contributed by atoms with Crippen LogP contribution in [-0.2, 0) is 0 Å². The molecule has 0 N–H and O–H groups in total. The molecular weight excluding hydrogens is 384 g/mol. The van der Waals surface area contributed by atoms with E-state index in [4.69, 9.17) is 27.9 Å². The van der Waals surface area contributed by atoms with Gasteiger partial charge in [-0.1, -0.05) is 47.5 Å². The van der Waals surface area contributed by atoms with Crippen molar-refractivity contribution < 1.29 is 17.9 Å². The van der Waals surface area contributed by atoms with E-state index in [0.29, 0.717) is 38.9 Å². The van der Waals surface area contributed by atoms with Gasteiger partial charge in [0.05, 0.1) is 17.2 Å². The Bertz CT molecular complexity index is 881. The van der Waals surface area contributed by atoms with Crippen LogP contribution < -0.4 is 4.74 Å². The topological polar surface area (TPSA) is 9.23 Å². The molecule has 1 aliphatic rings. The van der Waals surface area contributed by atoms with Gasteiger partial charge in [-0.05, 0) is 59.4 Å². The quantitative estimate of drug-likeness (QED) is 0.531. The van der Waals surface area contributed by atoms with Gasteiger partial charge >= 0.3 is 6.18 Å². The normalized spacial score (nSPS) is 15.1. The van der Waals surface area contributed by atoms with Gasteiger partial charge in [0.15, 0.2) is 0 Å². The summed E-state index contributed by atoms with van der Waals surface area (Å²) < 4.78 is 46.2. The smallest absolute Gasteiger partial charge is 0.413 e. The Kier molecular flexibility index (Phi) is 5.35. The number of hydrogen-bond donors (Lipinski definition) is 0. The van der Waals surface area contributed by atoms with Gasteiger partial charge in [-0.15, -0.1) is 0 Å². The van der Waals surface area contributed by atoms with Crippen LogP contribution in [0, 0.1) is 0 Å². The molecule has 0 atom stereocenters. The molecule has 0 aromatic heterocycles. The predicted molar refractivity (Wildman–Crippen MR) is 99.6 cm³/mol. The number of methoxy groups -OCH3 is 1. The van der Waals surface area contributed by atoms with Crippen LogP contribution in [0.15, 0.2) is 54.1 Å². The highest BCUT2D eigenvalue weighted by molar-refractivity contribution is 6.42. The Balaban J connectivity index is 2.19. The van der Waals surface area contributed by atoms with E-state index in [1.54, 1.807) is 42.5 Å². The molecular formula is C20H15Cl2F3O. The summed E-state index contributed by atoms with van der Waals surface area (Å²) in [5.41, 5.74) is 1.23. The average Bonchev–Trinajstić information content (AvgIpc) is 2.63. The minimum absolute atomic E-state index is 0.0598. The Morgan fingerprint density at radius 2 is 1.58 bits per heavy atom. The fourth-order valence-electron chi connectivity index (χ4n) is 3.05. The molecule has 0 fully saturated rings. The summed E-state index contributed by atoms with van der Waals surface area (Å²) in [6, 6.07) is 11.4. The molecule has 2 aromatic carbocycles. The first-order valence-corrected chi connectivity index (χ1v) is 8.67. The van der Waals surface area contributed by atoms with Gasteiger partial charge in [-0.25, -0.2) is 0 Å². The molecule has 0 unspecified atom stereocenters. The van der Waals surface area contributed by atoms with E-state index in [-0.39, 0.29) is 12.0 Å². The first kappa shape index (κ1) is 18.9. The number of halogens is 5. The predicted octanol–water partition coefficient (Wildman–Crippen LogP) is 7.20. The molecule has 0 spiro atoms. The molecule has 3 rings (SSSR count). The average molecular weight is 399 g/mol. The summed E-state index contributed by atoms with van der Waals surface area (Å²) in [4.78, 5) is 0. The van der Waals surface area contributed by atoms with E-state index >= 15 is 0 Å². The standard InChI is InChI=1S/C20H15Cl2F3O/c1-26-14-8-5-12(6-9-14)19-15(3-2-4-16(19)20(23,24)25)13-7-10-17(21)18(22)11-13/h3,5-11H,2,4H2,1H3. The number of ether oxygens (including phenoxy) is 1. The largest absolute Gasteiger partial charge is 0.497 e. The summed E-state index contributed by atoms with van der Waals surface area (Å²) >= 11 is 12.0. The van der Waals surface area contributed by atoms with Gasteiger partial charge in [0.25, 0.3) is 0 Å². The third-order valence-electron chi connectivity index (χ3n) is 4.27. The maximum absolute atomic E-state index is 13.7. The molecule has 0 saturated carbocycles. The van der Waals surface area contributed by atoms with Gasteiger partial charge in [0, 0.05) is 5.57 Å². The summed E-state index contributed by atoms with van der Waals surface area (Å²) in [7, 11) is 1.51. The van der Waals surface area contributed by atoms with E-state index in [9.17, 15) is 13.2 Å². The lowest BCUT2D eigenvalue weighted by atomic mass is 9.82. The van der Waals surface area contributed by atoms with Crippen LogP contribution in [0.1, 0.15) is 24.0 Å². The number of rotatable bonds is 3. The van der Waals surface area contributed by atoms with Crippen molar-refractivity contribution in [2.24, 2.45) is 0 Å². The molecule has 1 nitrogen and oxygen atoms in total. The molecule has 136 valence electrons. The third-order valence-corrected chi connectivity index (χ3v) is 5.00. The monoisotopic (exact) mass is 398 g/mol. The van der Waals surface area contributed by atoms with Crippen LogP contribution in [0.3, 0.4) is 0 Å². The minimum Gasteiger partial charge on any atom is -0.497 e.